The lowest BCUT2D eigenvalue weighted by atomic mass is 9.67. The van der Waals surface area contributed by atoms with Gasteiger partial charge in [0.2, 0.25) is 5.88 Å². The van der Waals surface area contributed by atoms with Gasteiger partial charge in [-0.3, -0.25) is 0 Å². The van der Waals surface area contributed by atoms with E-state index in [-0.39, 0.29) is 0 Å². The molecule has 3 heterocycles. The van der Waals surface area contributed by atoms with Gasteiger partial charge in [0.05, 0.1) is 0 Å². The van der Waals surface area contributed by atoms with Crippen molar-refractivity contribution in [1.29, 1.82) is 0 Å². The van der Waals surface area contributed by atoms with Gasteiger partial charge in [-0.2, -0.15) is 0 Å². The second kappa shape index (κ2) is 4.30. The molecule has 3 fully saturated rings. The van der Waals surface area contributed by atoms with Gasteiger partial charge < -0.3 is 9.64 Å². The van der Waals surface area contributed by atoms with Crippen LogP contribution in [0.15, 0.2) is 24.4 Å². The Kier molecular flexibility index (Phi) is 2.79. The molecule has 0 radical (unpaired) electrons. The first-order chi connectivity index (χ1) is 8.24. The molecule has 0 spiro atoms. The molecule has 0 amide bonds. The Labute approximate surface area is 103 Å². The summed E-state index contributed by atoms with van der Waals surface area (Å²) < 4.78 is 6.01. The fourth-order valence-corrected chi connectivity index (χ4v) is 3.05. The monoisotopic (exact) mass is 232 g/mol. The number of pyridine rings is 1. The summed E-state index contributed by atoms with van der Waals surface area (Å²) in [5.41, 5.74) is 0. The Morgan fingerprint density at radius 2 is 2.06 bits per heavy atom. The Bertz CT molecular complexity index is 367. The predicted molar refractivity (Wildman–Crippen MR) is 67.0 cm³/mol. The van der Waals surface area contributed by atoms with Crippen molar-refractivity contribution in [2.75, 3.05) is 13.1 Å². The quantitative estimate of drug-likeness (QED) is 0.798. The second-order valence-electron chi connectivity index (χ2n) is 5.55. The minimum absolute atomic E-state index is 0.403. The molecule has 1 aromatic heterocycles. The van der Waals surface area contributed by atoms with Crippen molar-refractivity contribution in [2.24, 2.45) is 11.8 Å². The third-order valence-electron chi connectivity index (χ3n) is 4.10. The van der Waals surface area contributed by atoms with E-state index in [1.807, 2.05) is 18.2 Å². The van der Waals surface area contributed by atoms with Gasteiger partial charge in [-0.15, -0.1) is 0 Å². The Morgan fingerprint density at radius 3 is 2.65 bits per heavy atom. The highest BCUT2D eigenvalue weighted by Gasteiger charge is 2.48. The summed E-state index contributed by atoms with van der Waals surface area (Å²) in [6.07, 6.45) is 3.53. The van der Waals surface area contributed by atoms with Gasteiger partial charge in [0.25, 0.3) is 0 Å². The summed E-state index contributed by atoms with van der Waals surface area (Å²) in [6.45, 7) is 6.93. The number of aromatic nitrogens is 1. The molecule has 1 saturated carbocycles. The van der Waals surface area contributed by atoms with Crippen LogP contribution in [0.1, 0.15) is 20.3 Å². The largest absolute Gasteiger partial charge is 0.474 e. The average molecular weight is 232 g/mol. The summed E-state index contributed by atoms with van der Waals surface area (Å²) in [4.78, 5) is 6.81. The molecule has 3 aliphatic rings. The van der Waals surface area contributed by atoms with E-state index in [1.165, 1.54) is 19.5 Å². The first-order valence-corrected chi connectivity index (χ1v) is 6.56. The standard InChI is InChI=1S/C14H20N2O/c1-10(2)16-8-11-7-12(9-16)14(11)17-13-5-3-4-6-15-13/h3-6,10-12,14H,7-9H2,1-2H3. The maximum Gasteiger partial charge on any atom is 0.213 e. The highest BCUT2D eigenvalue weighted by atomic mass is 16.5. The van der Waals surface area contributed by atoms with Crippen molar-refractivity contribution in [3.63, 3.8) is 0 Å². The second-order valence-corrected chi connectivity index (χ2v) is 5.55. The molecular weight excluding hydrogens is 212 g/mol. The zero-order valence-corrected chi connectivity index (χ0v) is 10.5. The van der Waals surface area contributed by atoms with Crippen molar-refractivity contribution >= 4 is 0 Å². The highest BCUT2D eigenvalue weighted by molar-refractivity contribution is 5.12. The van der Waals surface area contributed by atoms with Crippen molar-refractivity contribution < 1.29 is 4.74 Å². The van der Waals surface area contributed by atoms with Crippen LogP contribution in [-0.4, -0.2) is 35.1 Å². The fourth-order valence-electron chi connectivity index (χ4n) is 3.05. The van der Waals surface area contributed by atoms with E-state index in [4.69, 9.17) is 4.74 Å². The normalized spacial score (nSPS) is 32.3. The maximum atomic E-state index is 6.01. The van der Waals surface area contributed by atoms with Gasteiger partial charge in [-0.25, -0.2) is 4.98 Å². The van der Waals surface area contributed by atoms with Gasteiger partial charge in [-0.1, -0.05) is 6.07 Å². The van der Waals surface area contributed by atoms with E-state index in [1.54, 1.807) is 6.20 Å². The van der Waals surface area contributed by atoms with Crippen molar-refractivity contribution in [3.05, 3.63) is 24.4 Å². The summed E-state index contributed by atoms with van der Waals surface area (Å²) >= 11 is 0. The number of hydrogen-bond acceptors (Lipinski definition) is 3. The summed E-state index contributed by atoms with van der Waals surface area (Å²) in [5, 5.41) is 0. The molecule has 0 N–H and O–H groups in total. The third kappa shape index (κ3) is 2.04. The van der Waals surface area contributed by atoms with E-state index in [2.05, 4.69) is 23.7 Å². The topological polar surface area (TPSA) is 25.4 Å². The molecule has 4 rings (SSSR count). The van der Waals surface area contributed by atoms with Crippen molar-refractivity contribution in [2.45, 2.75) is 32.4 Å². The van der Waals surface area contributed by atoms with Crippen LogP contribution in [0.4, 0.5) is 0 Å². The van der Waals surface area contributed by atoms with E-state index < -0.39 is 0 Å². The third-order valence-corrected chi connectivity index (χ3v) is 4.10. The molecule has 3 nitrogen and oxygen atoms in total. The molecule has 2 bridgehead atoms. The zero-order valence-electron chi connectivity index (χ0n) is 10.5. The molecule has 0 aromatic carbocycles. The van der Waals surface area contributed by atoms with Crippen molar-refractivity contribution in [1.82, 2.24) is 9.88 Å². The van der Waals surface area contributed by atoms with Crippen LogP contribution in [0.3, 0.4) is 0 Å². The first-order valence-electron chi connectivity index (χ1n) is 6.56. The zero-order chi connectivity index (χ0) is 11.8. The predicted octanol–water partition coefficient (Wildman–Crippen LogP) is 2.19. The number of piperidine rings is 2. The molecule has 2 atom stereocenters. The summed E-state index contributed by atoms with van der Waals surface area (Å²) in [5.74, 6) is 2.20. The van der Waals surface area contributed by atoms with E-state index >= 15 is 0 Å². The lowest BCUT2D eigenvalue weighted by Gasteiger charge is -2.53. The van der Waals surface area contributed by atoms with Crippen LogP contribution in [-0.2, 0) is 0 Å². The molecule has 3 heteroatoms. The molecular formula is C14H20N2O. The highest BCUT2D eigenvalue weighted by Crippen LogP contribution is 2.42. The molecule has 2 aliphatic heterocycles. The van der Waals surface area contributed by atoms with Gasteiger partial charge in [-0.05, 0) is 26.3 Å². The summed E-state index contributed by atoms with van der Waals surface area (Å²) in [6, 6.07) is 6.52. The number of fused-ring (bicyclic) bond motifs is 2. The Balaban J connectivity index is 1.62. The van der Waals surface area contributed by atoms with Gasteiger partial charge in [0.1, 0.15) is 6.10 Å². The average Bonchev–Trinajstić information content (AvgIpc) is 2.37. The fraction of sp³-hybridized carbons (Fsp3) is 0.643. The number of nitrogens with zero attached hydrogens (tertiary/aromatic N) is 2. The van der Waals surface area contributed by atoms with Crippen LogP contribution in [0, 0.1) is 11.8 Å². The van der Waals surface area contributed by atoms with Crippen LogP contribution >= 0.6 is 0 Å². The van der Waals surface area contributed by atoms with Gasteiger partial charge in [0.15, 0.2) is 0 Å². The summed E-state index contributed by atoms with van der Waals surface area (Å²) in [7, 11) is 0. The molecule has 1 aromatic rings. The number of ether oxygens (including phenoxy) is 1. The van der Waals surface area contributed by atoms with Crippen LogP contribution in [0.5, 0.6) is 5.88 Å². The number of hydrogen-bond donors (Lipinski definition) is 0. The molecule has 17 heavy (non-hydrogen) atoms. The number of rotatable bonds is 3. The molecule has 1 aliphatic carbocycles. The minimum atomic E-state index is 0.403. The molecule has 2 saturated heterocycles. The smallest absolute Gasteiger partial charge is 0.213 e. The van der Waals surface area contributed by atoms with Gasteiger partial charge in [0, 0.05) is 43.2 Å². The SMILES string of the molecule is CC(C)N1CC2CC(C1)C2Oc1ccccn1. The van der Waals surface area contributed by atoms with Gasteiger partial charge >= 0.3 is 0 Å². The van der Waals surface area contributed by atoms with E-state index in [0.29, 0.717) is 24.0 Å². The first kappa shape index (κ1) is 11.0. The Morgan fingerprint density at radius 1 is 1.29 bits per heavy atom. The van der Waals surface area contributed by atoms with E-state index in [9.17, 15) is 0 Å². The minimum Gasteiger partial charge on any atom is -0.474 e. The lowest BCUT2D eigenvalue weighted by molar-refractivity contribution is -0.101. The Hall–Kier alpha value is -1.09. The molecule has 2 unspecified atom stereocenters. The lowest BCUT2D eigenvalue weighted by Crippen LogP contribution is -2.61. The maximum absolute atomic E-state index is 6.01. The van der Waals surface area contributed by atoms with Crippen molar-refractivity contribution in [3.8, 4) is 5.88 Å². The van der Waals surface area contributed by atoms with E-state index in [0.717, 1.165) is 5.88 Å². The van der Waals surface area contributed by atoms with Crippen LogP contribution in [0.25, 0.3) is 0 Å². The molecule has 92 valence electrons. The van der Waals surface area contributed by atoms with Crippen LogP contribution < -0.4 is 4.74 Å². The van der Waals surface area contributed by atoms with Crippen LogP contribution in [0.2, 0.25) is 0 Å².